The van der Waals surface area contributed by atoms with Crippen LogP contribution in [0.5, 0.6) is 5.75 Å². The van der Waals surface area contributed by atoms with Crippen LogP contribution < -0.4 is 10.6 Å². The average Bonchev–Trinajstić information content (AvgIpc) is 3.33. The van der Waals surface area contributed by atoms with E-state index in [1.54, 1.807) is 26.2 Å². The fourth-order valence-corrected chi connectivity index (χ4v) is 6.92. The number of Topliss-reactive ketones (excluding diaryl/α,β-unsaturated/α-hetero) is 2. The van der Waals surface area contributed by atoms with Gasteiger partial charge in [-0.15, -0.1) is 0 Å². The van der Waals surface area contributed by atoms with Gasteiger partial charge in [0.1, 0.15) is 34.4 Å². The number of amides is 1. The number of nitrogens with two attached hydrogens (primary N) is 1. The van der Waals surface area contributed by atoms with Crippen LogP contribution in [0.1, 0.15) is 41.9 Å². The van der Waals surface area contributed by atoms with Crippen molar-refractivity contribution in [3.63, 3.8) is 0 Å². The number of likely N-dealkylation sites (N-methyl/N-ethyl adjacent to an activating group) is 1. The second kappa shape index (κ2) is 10.0. The van der Waals surface area contributed by atoms with Crippen molar-refractivity contribution in [2.45, 2.75) is 44.8 Å². The molecule has 1 amide bonds. The van der Waals surface area contributed by atoms with Gasteiger partial charge in [0.15, 0.2) is 11.4 Å². The van der Waals surface area contributed by atoms with Crippen molar-refractivity contribution < 1.29 is 39.2 Å². The van der Waals surface area contributed by atoms with Gasteiger partial charge in [0.2, 0.25) is 5.78 Å². The van der Waals surface area contributed by atoms with Gasteiger partial charge in [-0.3, -0.25) is 19.3 Å². The number of aromatic hydroxyl groups is 1. The molecule has 11 heteroatoms. The van der Waals surface area contributed by atoms with E-state index < -0.39 is 58.0 Å². The molecule has 0 spiro atoms. The highest BCUT2D eigenvalue weighted by atomic mass is 16.4. The first-order chi connectivity index (χ1) is 19.6. The number of benzene rings is 1. The highest BCUT2D eigenvalue weighted by Gasteiger charge is 2.63. The maximum Gasteiger partial charge on any atom is 0.255 e. The molecule has 2 aromatic rings. The molecule has 1 aromatic heterocycles. The number of fused-ring (bicyclic) bond motifs is 3. The first-order valence-electron chi connectivity index (χ1n) is 13.9. The molecular weight excluding hydrogens is 542 g/mol. The van der Waals surface area contributed by atoms with Crippen LogP contribution in [0.15, 0.2) is 45.3 Å². The summed E-state index contributed by atoms with van der Waals surface area (Å²) < 4.78 is 6.02. The Balaban J connectivity index is 1.71. The number of carbonyl (C=O) groups excluding carboxylic acids is 3. The summed E-state index contributed by atoms with van der Waals surface area (Å²) in [6.45, 7) is 4.12. The van der Waals surface area contributed by atoms with E-state index in [0.29, 0.717) is 29.3 Å². The monoisotopic (exact) mass is 579 g/mol. The van der Waals surface area contributed by atoms with E-state index >= 15 is 0 Å². The summed E-state index contributed by atoms with van der Waals surface area (Å²) in [4.78, 5) is 43.2. The third kappa shape index (κ3) is 4.13. The minimum atomic E-state index is -2.69. The molecule has 0 aliphatic heterocycles. The van der Waals surface area contributed by atoms with Gasteiger partial charge in [-0.2, -0.15) is 0 Å². The molecule has 224 valence electrons. The van der Waals surface area contributed by atoms with Crippen LogP contribution in [-0.2, 0) is 22.4 Å². The SMILES string of the molecule is CC(C)Cc1ccc(-c2cc(N(C)C)c3c(c2O)C(=O)C2=C(O)[C@]4(O)C(=O)C(C(N)=O)=C(O)[C@@H](N(C)C)[C@@H]4C[C@@H]2C3)o1. The van der Waals surface area contributed by atoms with Gasteiger partial charge < -0.3 is 35.5 Å². The Kier molecular flexibility index (Phi) is 7.02. The summed E-state index contributed by atoms with van der Waals surface area (Å²) in [5, 5.41) is 45.8. The Labute approximate surface area is 243 Å². The number of ketones is 2. The number of anilines is 1. The zero-order valence-corrected chi connectivity index (χ0v) is 24.6. The number of allylic oxidation sites excluding steroid dienone is 1. The van der Waals surface area contributed by atoms with Crippen molar-refractivity contribution in [3.05, 3.63) is 57.8 Å². The average molecular weight is 580 g/mol. The van der Waals surface area contributed by atoms with E-state index in [4.69, 9.17) is 10.2 Å². The highest BCUT2D eigenvalue weighted by molar-refractivity contribution is 6.25. The number of phenolic OH excluding ortho intramolecular Hbond substituents is 1. The lowest BCUT2D eigenvalue weighted by Gasteiger charge is -2.50. The summed E-state index contributed by atoms with van der Waals surface area (Å²) in [5.74, 6) is -5.39. The van der Waals surface area contributed by atoms with E-state index in [2.05, 4.69) is 13.8 Å². The number of aliphatic hydroxyl groups is 3. The van der Waals surface area contributed by atoms with Crippen molar-refractivity contribution in [3.8, 4) is 17.1 Å². The number of carbonyl (C=O) groups is 3. The number of aliphatic hydroxyl groups excluding tert-OH is 2. The fourth-order valence-electron chi connectivity index (χ4n) is 6.92. The Morgan fingerprint density at radius 3 is 2.38 bits per heavy atom. The molecule has 0 bridgehead atoms. The Hall–Kier alpha value is -4.09. The Morgan fingerprint density at radius 2 is 1.81 bits per heavy atom. The summed E-state index contributed by atoms with van der Waals surface area (Å²) in [6, 6.07) is 4.26. The lowest BCUT2D eigenvalue weighted by Crippen LogP contribution is -2.63. The maximum absolute atomic E-state index is 14.2. The first-order valence-corrected chi connectivity index (χ1v) is 13.9. The van der Waals surface area contributed by atoms with Crippen LogP contribution >= 0.6 is 0 Å². The number of hydrogen-bond donors (Lipinski definition) is 5. The molecule has 0 unspecified atom stereocenters. The van der Waals surface area contributed by atoms with Gasteiger partial charge in [0.05, 0.1) is 17.2 Å². The van der Waals surface area contributed by atoms with Crippen molar-refractivity contribution >= 4 is 23.2 Å². The van der Waals surface area contributed by atoms with Crippen LogP contribution in [0, 0.1) is 17.8 Å². The molecule has 5 rings (SSSR count). The van der Waals surface area contributed by atoms with Crippen LogP contribution in [-0.4, -0.2) is 82.6 Å². The number of nitrogens with zero attached hydrogens (tertiary/aromatic N) is 2. The smallest absolute Gasteiger partial charge is 0.255 e. The lowest BCUT2D eigenvalue weighted by atomic mass is 9.58. The van der Waals surface area contributed by atoms with Crippen LogP contribution in [0.3, 0.4) is 0 Å². The molecular formula is C31H37N3O8. The van der Waals surface area contributed by atoms with E-state index in [9.17, 15) is 34.8 Å². The van der Waals surface area contributed by atoms with E-state index in [-0.39, 0.29) is 35.3 Å². The summed E-state index contributed by atoms with van der Waals surface area (Å²) in [6.07, 6.45) is 0.914. The first kappa shape index (κ1) is 29.4. The van der Waals surface area contributed by atoms with Gasteiger partial charge in [-0.05, 0) is 62.5 Å². The third-order valence-corrected chi connectivity index (χ3v) is 8.72. The minimum Gasteiger partial charge on any atom is -0.510 e. The predicted octanol–water partition coefficient (Wildman–Crippen LogP) is 2.65. The zero-order chi connectivity index (χ0) is 31.0. The number of rotatable bonds is 6. The predicted molar refractivity (Wildman–Crippen MR) is 154 cm³/mol. The molecule has 0 saturated carbocycles. The minimum absolute atomic E-state index is 0.0257. The fraction of sp³-hybridized carbons (Fsp3) is 0.452. The largest absolute Gasteiger partial charge is 0.510 e. The molecule has 6 N–H and O–H groups in total. The third-order valence-electron chi connectivity index (χ3n) is 8.72. The number of hydrogen-bond acceptors (Lipinski definition) is 10. The van der Waals surface area contributed by atoms with Crippen LogP contribution in [0.25, 0.3) is 11.3 Å². The quantitative estimate of drug-likeness (QED) is 0.320. The summed E-state index contributed by atoms with van der Waals surface area (Å²) in [5.41, 5.74) is 3.13. The highest BCUT2D eigenvalue weighted by Crippen LogP contribution is 2.54. The second-order valence-corrected chi connectivity index (χ2v) is 12.4. The van der Waals surface area contributed by atoms with Crippen LogP contribution in [0.2, 0.25) is 0 Å². The van der Waals surface area contributed by atoms with E-state index in [1.165, 1.54) is 4.90 Å². The Morgan fingerprint density at radius 1 is 1.14 bits per heavy atom. The summed E-state index contributed by atoms with van der Waals surface area (Å²) in [7, 11) is 6.81. The molecule has 0 saturated heterocycles. The molecule has 4 atom stereocenters. The molecule has 1 aromatic carbocycles. The lowest BCUT2D eigenvalue weighted by molar-refractivity contribution is -0.148. The summed E-state index contributed by atoms with van der Waals surface area (Å²) >= 11 is 0. The zero-order valence-electron chi connectivity index (χ0n) is 24.6. The number of primary amides is 1. The molecule has 1 heterocycles. The van der Waals surface area contributed by atoms with Crippen LogP contribution in [0.4, 0.5) is 5.69 Å². The number of furan rings is 1. The van der Waals surface area contributed by atoms with Gasteiger partial charge in [-0.25, -0.2) is 0 Å². The van der Waals surface area contributed by atoms with Gasteiger partial charge >= 0.3 is 0 Å². The molecule has 0 radical (unpaired) electrons. The molecule has 3 aliphatic rings. The number of phenols is 1. The van der Waals surface area contributed by atoms with Gasteiger partial charge in [0, 0.05) is 37.7 Å². The standard InChI is InChI=1S/C31H37N3O8/c1-13(2)9-15-7-8-20(42-15)17-12-19(33(3)4)16-10-14-11-18-24(34(5)6)27(37)23(30(32)40)29(39)31(18,41)28(38)21(14)26(36)22(16)25(17)35/h7-8,12-14,18,24,35,37-38,41H,9-11H2,1-6H3,(H2,32,40)/t14-,18-,24-,31-/m0/s1. The molecule has 42 heavy (non-hydrogen) atoms. The normalized spacial score (nSPS) is 25.6. The second-order valence-electron chi connectivity index (χ2n) is 12.4. The maximum atomic E-state index is 14.2. The van der Waals surface area contributed by atoms with Crippen molar-refractivity contribution in [2.24, 2.45) is 23.5 Å². The van der Waals surface area contributed by atoms with Gasteiger partial charge in [-0.1, -0.05) is 13.8 Å². The van der Waals surface area contributed by atoms with Gasteiger partial charge in [0.25, 0.3) is 5.91 Å². The molecule has 3 aliphatic carbocycles. The van der Waals surface area contributed by atoms with E-state index in [1.807, 2.05) is 25.1 Å². The molecule has 0 fully saturated rings. The Bertz CT molecular complexity index is 1580. The van der Waals surface area contributed by atoms with E-state index in [0.717, 1.165) is 5.76 Å². The molecule has 11 nitrogen and oxygen atoms in total. The van der Waals surface area contributed by atoms with Crippen molar-refractivity contribution in [1.29, 1.82) is 0 Å². The van der Waals surface area contributed by atoms with Crippen molar-refractivity contribution in [1.82, 2.24) is 4.90 Å². The van der Waals surface area contributed by atoms with Crippen molar-refractivity contribution in [2.75, 3.05) is 33.1 Å². The topological polar surface area (TPSA) is 178 Å².